The zero-order valence-corrected chi connectivity index (χ0v) is 8.09. The third-order valence-corrected chi connectivity index (χ3v) is 2.21. The van der Waals surface area contributed by atoms with Crippen LogP contribution in [0.25, 0.3) is 0 Å². The Morgan fingerprint density at radius 1 is 1.50 bits per heavy atom. The molecule has 0 unspecified atom stereocenters. The zero-order chi connectivity index (χ0) is 8.81. The highest BCUT2D eigenvalue weighted by atomic mass is 14.1. The fourth-order valence-electron chi connectivity index (χ4n) is 1.42. The van der Waals surface area contributed by atoms with Gasteiger partial charge in [0.1, 0.15) is 0 Å². The fourth-order valence-corrected chi connectivity index (χ4v) is 1.42. The van der Waals surface area contributed by atoms with E-state index in [9.17, 15) is 0 Å². The van der Waals surface area contributed by atoms with E-state index in [4.69, 9.17) is 0 Å². The second kappa shape index (κ2) is 4.97. The summed E-state index contributed by atoms with van der Waals surface area (Å²) in [7, 11) is 0. The third kappa shape index (κ3) is 2.69. The second-order valence-electron chi connectivity index (χ2n) is 3.31. The van der Waals surface area contributed by atoms with Gasteiger partial charge >= 0.3 is 0 Å². The van der Waals surface area contributed by atoms with Crippen LogP contribution in [0.3, 0.4) is 0 Å². The van der Waals surface area contributed by atoms with Crippen molar-refractivity contribution in [2.45, 2.75) is 33.1 Å². The van der Waals surface area contributed by atoms with E-state index in [0.717, 1.165) is 6.42 Å². The summed E-state index contributed by atoms with van der Waals surface area (Å²) >= 11 is 0. The highest BCUT2D eigenvalue weighted by molar-refractivity contribution is 5.27. The van der Waals surface area contributed by atoms with Crippen molar-refractivity contribution in [2.75, 3.05) is 0 Å². The number of hydrogen-bond acceptors (Lipinski definition) is 0. The van der Waals surface area contributed by atoms with E-state index in [1.165, 1.54) is 18.4 Å². The van der Waals surface area contributed by atoms with Gasteiger partial charge in [-0.3, -0.25) is 0 Å². The van der Waals surface area contributed by atoms with Gasteiger partial charge in [-0.05, 0) is 30.8 Å². The Balaban J connectivity index is 2.51. The molecule has 0 N–H and O–H groups in total. The van der Waals surface area contributed by atoms with Gasteiger partial charge in [0.2, 0.25) is 0 Å². The van der Waals surface area contributed by atoms with Gasteiger partial charge in [-0.15, -0.1) is 0 Å². The molecule has 0 fully saturated rings. The molecular formula is C12H18. The maximum atomic E-state index is 2.35. The second-order valence-corrected chi connectivity index (χ2v) is 3.31. The molecular weight excluding hydrogens is 144 g/mol. The van der Waals surface area contributed by atoms with Crippen LogP contribution in [0, 0.1) is 5.92 Å². The summed E-state index contributed by atoms with van der Waals surface area (Å²) in [6, 6.07) is 0. The smallest absolute Gasteiger partial charge is 0.00137 e. The third-order valence-electron chi connectivity index (χ3n) is 2.21. The molecule has 1 aliphatic rings. The van der Waals surface area contributed by atoms with Crippen LogP contribution in [0.1, 0.15) is 33.1 Å². The molecule has 0 radical (unpaired) electrons. The molecule has 1 aliphatic carbocycles. The lowest BCUT2D eigenvalue weighted by molar-refractivity contribution is 0.852. The Hall–Kier alpha value is -0.780. The van der Waals surface area contributed by atoms with Crippen molar-refractivity contribution >= 4 is 0 Å². The van der Waals surface area contributed by atoms with Crippen molar-refractivity contribution in [3.63, 3.8) is 0 Å². The first-order chi connectivity index (χ1) is 5.84. The molecule has 0 bridgehead atoms. The summed E-state index contributed by atoms with van der Waals surface area (Å²) in [5.41, 5.74) is 1.48. The fraction of sp³-hybridized carbons (Fsp3) is 0.500. The standard InChI is InChI=1S/C12H18/c1-3-4-8-11(2)12-9-6-5-7-10-12/h4,6,8-11H,3,5,7H2,1-2H3/b8-4-/t11-/m0/s1. The molecule has 1 rings (SSSR count). The SMILES string of the molecule is CC/C=C\[C@H](C)C1=CCCC=C1. The Morgan fingerprint density at radius 3 is 2.92 bits per heavy atom. The zero-order valence-electron chi connectivity index (χ0n) is 8.09. The lowest BCUT2D eigenvalue weighted by Gasteiger charge is -2.11. The van der Waals surface area contributed by atoms with Gasteiger partial charge in [-0.2, -0.15) is 0 Å². The molecule has 1 atom stereocenters. The minimum atomic E-state index is 0.599. The summed E-state index contributed by atoms with van der Waals surface area (Å²) in [4.78, 5) is 0. The monoisotopic (exact) mass is 162 g/mol. The summed E-state index contributed by atoms with van der Waals surface area (Å²) in [5, 5.41) is 0. The maximum absolute atomic E-state index is 2.35. The number of rotatable bonds is 3. The average Bonchev–Trinajstić information content (AvgIpc) is 2.15. The van der Waals surface area contributed by atoms with Gasteiger partial charge in [-0.25, -0.2) is 0 Å². The quantitative estimate of drug-likeness (QED) is 0.553. The van der Waals surface area contributed by atoms with Crippen LogP contribution >= 0.6 is 0 Å². The van der Waals surface area contributed by atoms with Gasteiger partial charge < -0.3 is 0 Å². The molecule has 0 saturated heterocycles. The summed E-state index contributed by atoms with van der Waals surface area (Å²) in [6.45, 7) is 4.43. The van der Waals surface area contributed by atoms with Crippen molar-refractivity contribution in [1.82, 2.24) is 0 Å². The van der Waals surface area contributed by atoms with Crippen LogP contribution in [-0.4, -0.2) is 0 Å². The molecule has 0 nitrogen and oxygen atoms in total. The first kappa shape index (κ1) is 9.31. The lowest BCUT2D eigenvalue weighted by atomic mass is 9.95. The predicted octanol–water partition coefficient (Wildman–Crippen LogP) is 3.87. The van der Waals surface area contributed by atoms with E-state index in [0.29, 0.717) is 5.92 Å². The van der Waals surface area contributed by atoms with Crippen LogP contribution in [0.2, 0.25) is 0 Å². The molecule has 66 valence electrons. The van der Waals surface area contributed by atoms with Gasteiger partial charge in [0.05, 0.1) is 0 Å². The van der Waals surface area contributed by atoms with E-state index < -0.39 is 0 Å². The van der Waals surface area contributed by atoms with Crippen molar-refractivity contribution in [3.8, 4) is 0 Å². The molecule has 0 aliphatic heterocycles. The van der Waals surface area contributed by atoms with E-state index in [-0.39, 0.29) is 0 Å². The van der Waals surface area contributed by atoms with E-state index in [2.05, 4.69) is 44.2 Å². The Labute approximate surface area is 75.7 Å². The highest BCUT2D eigenvalue weighted by Crippen LogP contribution is 2.19. The lowest BCUT2D eigenvalue weighted by Crippen LogP contribution is -1.95. The molecule has 0 spiro atoms. The van der Waals surface area contributed by atoms with Crippen molar-refractivity contribution < 1.29 is 0 Å². The van der Waals surface area contributed by atoms with E-state index in [1.807, 2.05) is 0 Å². The van der Waals surface area contributed by atoms with Crippen LogP contribution in [0.5, 0.6) is 0 Å². The first-order valence-electron chi connectivity index (χ1n) is 4.88. The van der Waals surface area contributed by atoms with Crippen LogP contribution in [0.15, 0.2) is 36.0 Å². The minimum absolute atomic E-state index is 0.599. The maximum Gasteiger partial charge on any atom is -0.00137 e. The van der Waals surface area contributed by atoms with Crippen molar-refractivity contribution in [1.29, 1.82) is 0 Å². The normalized spacial score (nSPS) is 19.7. The van der Waals surface area contributed by atoms with Gasteiger partial charge in [0, 0.05) is 0 Å². The van der Waals surface area contributed by atoms with Gasteiger partial charge in [0.15, 0.2) is 0 Å². The Bertz CT molecular complexity index is 206. The molecule has 0 heteroatoms. The average molecular weight is 162 g/mol. The van der Waals surface area contributed by atoms with Gasteiger partial charge in [0.25, 0.3) is 0 Å². The van der Waals surface area contributed by atoms with E-state index in [1.54, 1.807) is 0 Å². The number of allylic oxidation sites excluding steroid dienone is 6. The van der Waals surface area contributed by atoms with E-state index >= 15 is 0 Å². The molecule has 0 saturated carbocycles. The van der Waals surface area contributed by atoms with Crippen molar-refractivity contribution in [3.05, 3.63) is 36.0 Å². The van der Waals surface area contributed by atoms with Crippen LogP contribution in [-0.2, 0) is 0 Å². The minimum Gasteiger partial charge on any atom is -0.0882 e. The Morgan fingerprint density at radius 2 is 2.33 bits per heavy atom. The largest absolute Gasteiger partial charge is 0.0882 e. The van der Waals surface area contributed by atoms with Crippen LogP contribution < -0.4 is 0 Å². The molecule has 12 heavy (non-hydrogen) atoms. The molecule has 0 heterocycles. The Kier molecular flexibility index (Phi) is 3.86. The first-order valence-corrected chi connectivity index (χ1v) is 4.88. The van der Waals surface area contributed by atoms with Crippen LogP contribution in [0.4, 0.5) is 0 Å². The van der Waals surface area contributed by atoms with Gasteiger partial charge in [-0.1, -0.05) is 44.2 Å². The summed E-state index contributed by atoms with van der Waals surface area (Å²) < 4.78 is 0. The topological polar surface area (TPSA) is 0 Å². The highest BCUT2D eigenvalue weighted by Gasteiger charge is 2.02. The number of hydrogen-bond donors (Lipinski definition) is 0. The molecule has 0 aromatic rings. The molecule has 0 aromatic heterocycles. The van der Waals surface area contributed by atoms with Crippen molar-refractivity contribution in [2.24, 2.45) is 5.92 Å². The molecule has 0 amide bonds. The molecule has 0 aromatic carbocycles. The predicted molar refractivity (Wildman–Crippen MR) is 55.1 cm³/mol. The summed E-state index contributed by atoms with van der Waals surface area (Å²) in [5.74, 6) is 0.599. The summed E-state index contributed by atoms with van der Waals surface area (Å²) in [6.07, 6.45) is 15.0.